The van der Waals surface area contributed by atoms with E-state index in [2.05, 4.69) is 99.0 Å². The average molecular weight is 1100 g/mol. The number of esters is 1. The van der Waals surface area contributed by atoms with Crippen molar-refractivity contribution in [1.82, 2.24) is 5.32 Å². The molecule has 0 radical (unpaired) electrons. The topological polar surface area (TPSA) is 114 Å². The number of quaternary nitrogens is 1. The van der Waals surface area contributed by atoms with Gasteiger partial charge in [0.25, 0.3) is 7.82 Å². The van der Waals surface area contributed by atoms with Gasteiger partial charge in [0.1, 0.15) is 19.3 Å². The minimum absolute atomic E-state index is 0.0253. The Morgan fingerprint density at radius 2 is 0.831 bits per heavy atom. The number of carbonyl (C=O) groups excluding carboxylic acids is 2. The van der Waals surface area contributed by atoms with E-state index in [4.69, 9.17) is 13.8 Å². The van der Waals surface area contributed by atoms with Gasteiger partial charge in [-0.2, -0.15) is 0 Å². The van der Waals surface area contributed by atoms with E-state index in [-0.39, 0.29) is 24.9 Å². The van der Waals surface area contributed by atoms with Gasteiger partial charge in [0.05, 0.1) is 33.8 Å². The zero-order valence-corrected chi connectivity index (χ0v) is 51.8. The summed E-state index contributed by atoms with van der Waals surface area (Å²) in [5.41, 5.74) is 0. The van der Waals surface area contributed by atoms with Gasteiger partial charge in [0, 0.05) is 12.8 Å². The number of allylic oxidation sites excluding steroid dienone is 13. The Morgan fingerprint density at radius 3 is 1.25 bits per heavy atom. The Bertz CT molecular complexity index is 1590. The fraction of sp³-hybridized carbons (Fsp3) is 0.761. The maximum atomic E-state index is 13.5. The second kappa shape index (κ2) is 56.5. The molecule has 0 rings (SSSR count). The van der Waals surface area contributed by atoms with Gasteiger partial charge >= 0.3 is 5.97 Å². The summed E-state index contributed by atoms with van der Waals surface area (Å²) in [6.45, 7) is 6.72. The largest absolute Gasteiger partial charge is 0.756 e. The minimum Gasteiger partial charge on any atom is -0.756 e. The predicted octanol–water partition coefficient (Wildman–Crippen LogP) is 19.1. The van der Waals surface area contributed by atoms with Gasteiger partial charge in [0.15, 0.2) is 0 Å². The molecule has 1 N–H and O–H groups in total. The van der Waals surface area contributed by atoms with Crippen molar-refractivity contribution in [2.75, 3.05) is 40.9 Å². The fourth-order valence-electron chi connectivity index (χ4n) is 8.94. The lowest BCUT2D eigenvalue weighted by atomic mass is 10.0. The Balaban J connectivity index is 5.08. The van der Waals surface area contributed by atoms with Crippen LogP contribution in [0.1, 0.15) is 278 Å². The number of phosphoric ester groups is 1. The third-order valence-electron chi connectivity index (χ3n) is 13.8. The molecule has 0 aromatic heterocycles. The number of nitrogens with zero attached hydrogens (tertiary/aromatic N) is 1. The molecule has 0 saturated carbocycles. The third kappa shape index (κ3) is 57.7. The first-order valence-corrected chi connectivity index (χ1v) is 33.4. The molecule has 0 aliphatic heterocycles. The summed E-state index contributed by atoms with van der Waals surface area (Å²) in [5.74, 6) is -0.548. The van der Waals surface area contributed by atoms with Crippen molar-refractivity contribution < 1.29 is 37.3 Å². The SMILES string of the molecule is CC/C=C\C/C=C\C/C=C\C/C=C\C/C=C\C/C=C\CCCCCCCCCCC(=O)OC(/C=C\CCCCCCCCCCC)C(COP(=O)([O-])OCC[N+](C)(C)C)NC(=O)CCCCCCCCCCCCCCC. The highest BCUT2D eigenvalue weighted by molar-refractivity contribution is 7.45. The number of unbranched alkanes of at least 4 members (excludes halogenated alkanes) is 29. The quantitative estimate of drug-likeness (QED) is 0.0212. The molecule has 0 spiro atoms. The summed E-state index contributed by atoms with van der Waals surface area (Å²) >= 11 is 0. The number of rotatable bonds is 57. The smallest absolute Gasteiger partial charge is 0.306 e. The Morgan fingerprint density at radius 1 is 0.468 bits per heavy atom. The Hall–Kier alpha value is -2.81. The van der Waals surface area contributed by atoms with E-state index in [9.17, 15) is 19.0 Å². The van der Waals surface area contributed by atoms with Crippen LogP contribution in [0.2, 0.25) is 0 Å². The molecule has 9 nitrogen and oxygen atoms in total. The van der Waals surface area contributed by atoms with E-state index in [1.807, 2.05) is 33.3 Å². The van der Waals surface area contributed by atoms with Gasteiger partial charge in [-0.1, -0.05) is 267 Å². The highest BCUT2D eigenvalue weighted by atomic mass is 31.2. The predicted molar refractivity (Wildman–Crippen MR) is 330 cm³/mol. The summed E-state index contributed by atoms with van der Waals surface area (Å²) in [4.78, 5) is 39.9. The van der Waals surface area contributed by atoms with Crippen molar-refractivity contribution in [3.05, 3.63) is 85.1 Å². The van der Waals surface area contributed by atoms with Crippen LogP contribution in [0.15, 0.2) is 85.1 Å². The fourth-order valence-corrected chi connectivity index (χ4v) is 9.66. The standard InChI is InChI=1S/C67H121N2O7P/c1-7-10-13-16-19-22-25-27-28-29-30-31-32-33-34-35-36-37-38-39-40-42-45-48-51-54-57-60-67(71)76-65(58-55-52-49-46-43-24-21-18-15-12-9-3)64(63-75-77(72,73)74-62-61-69(4,5)6)68-66(70)59-56-53-50-47-44-41-26-23-20-17-14-11-8-2/h10,13,19,22,27-28,30-31,33-34,36-37,55,58,64-65H,7-9,11-12,14-18,20-21,23-26,29,32,35,38-54,56-57,59-63H2,1-6H3,(H-,68,70,72,73)/b13-10-,22-19-,28-27-,31-30-,34-33-,37-36-,58-55-. The van der Waals surface area contributed by atoms with Gasteiger partial charge in [-0.3, -0.25) is 14.2 Å². The molecule has 0 aromatic rings. The van der Waals surface area contributed by atoms with Crippen LogP contribution in [0.4, 0.5) is 0 Å². The number of hydrogen-bond donors (Lipinski definition) is 1. The monoisotopic (exact) mass is 1100 g/mol. The minimum atomic E-state index is -4.70. The molecule has 0 aromatic carbocycles. The number of carbonyl (C=O) groups is 2. The van der Waals surface area contributed by atoms with Gasteiger partial charge in [-0.15, -0.1) is 0 Å². The molecule has 1 amide bonds. The lowest BCUT2D eigenvalue weighted by Gasteiger charge is -2.30. The Labute approximate surface area is 476 Å². The number of nitrogens with one attached hydrogen (secondary N) is 1. The molecule has 10 heteroatoms. The molecule has 0 fully saturated rings. The molecule has 446 valence electrons. The van der Waals surface area contributed by atoms with Crippen LogP contribution in [-0.4, -0.2) is 69.4 Å². The number of ether oxygens (including phenoxy) is 1. The van der Waals surface area contributed by atoms with Crippen LogP contribution < -0.4 is 10.2 Å². The molecule has 77 heavy (non-hydrogen) atoms. The first kappa shape index (κ1) is 74.2. The van der Waals surface area contributed by atoms with E-state index < -0.39 is 26.6 Å². The van der Waals surface area contributed by atoms with E-state index in [0.29, 0.717) is 17.4 Å². The van der Waals surface area contributed by atoms with Crippen LogP contribution in [0.3, 0.4) is 0 Å². The lowest BCUT2D eigenvalue weighted by molar-refractivity contribution is -0.870. The van der Waals surface area contributed by atoms with Crippen LogP contribution in [0.25, 0.3) is 0 Å². The van der Waals surface area contributed by atoms with Crippen molar-refractivity contribution in [2.24, 2.45) is 0 Å². The van der Waals surface area contributed by atoms with Gasteiger partial charge in [-0.25, -0.2) is 0 Å². The van der Waals surface area contributed by atoms with Crippen molar-refractivity contribution in [3.63, 3.8) is 0 Å². The second-order valence-electron chi connectivity index (χ2n) is 22.5. The van der Waals surface area contributed by atoms with Gasteiger partial charge < -0.3 is 28.5 Å². The molecule has 3 unspecified atom stereocenters. The third-order valence-corrected chi connectivity index (χ3v) is 14.8. The average Bonchev–Trinajstić information content (AvgIpc) is 3.39. The van der Waals surface area contributed by atoms with Crippen LogP contribution >= 0.6 is 7.82 Å². The summed E-state index contributed by atoms with van der Waals surface area (Å²) in [6.07, 6.45) is 74.1. The molecular formula is C67H121N2O7P. The van der Waals surface area contributed by atoms with Crippen molar-refractivity contribution in [2.45, 2.75) is 290 Å². The first-order valence-electron chi connectivity index (χ1n) is 31.9. The summed E-state index contributed by atoms with van der Waals surface area (Å²) in [7, 11) is 1.18. The number of phosphoric acid groups is 1. The summed E-state index contributed by atoms with van der Waals surface area (Å²) in [6, 6.07) is -0.892. The number of hydrogen-bond acceptors (Lipinski definition) is 7. The van der Waals surface area contributed by atoms with Gasteiger partial charge in [-0.05, 0) is 83.1 Å². The van der Waals surface area contributed by atoms with E-state index in [1.54, 1.807) is 0 Å². The lowest BCUT2D eigenvalue weighted by Crippen LogP contribution is -2.47. The van der Waals surface area contributed by atoms with Crippen molar-refractivity contribution in [3.8, 4) is 0 Å². The molecular weight excluding hydrogens is 976 g/mol. The van der Waals surface area contributed by atoms with Crippen LogP contribution in [0.5, 0.6) is 0 Å². The Kier molecular flexibility index (Phi) is 54.4. The second-order valence-corrected chi connectivity index (χ2v) is 23.9. The maximum Gasteiger partial charge on any atom is 0.306 e. The normalized spacial score (nSPS) is 14.2. The zero-order valence-electron chi connectivity index (χ0n) is 50.9. The van der Waals surface area contributed by atoms with Crippen LogP contribution in [-0.2, 0) is 27.9 Å². The first-order chi connectivity index (χ1) is 37.4. The maximum absolute atomic E-state index is 13.5. The van der Waals surface area contributed by atoms with Crippen molar-refractivity contribution in [1.29, 1.82) is 0 Å². The summed E-state index contributed by atoms with van der Waals surface area (Å²) in [5, 5.41) is 3.02. The zero-order chi connectivity index (χ0) is 56.4. The van der Waals surface area contributed by atoms with E-state index >= 15 is 0 Å². The van der Waals surface area contributed by atoms with E-state index in [1.165, 1.54) is 135 Å². The molecule has 0 saturated heterocycles. The molecule has 0 aliphatic carbocycles. The molecule has 0 heterocycles. The highest BCUT2D eigenvalue weighted by Gasteiger charge is 2.27. The molecule has 0 bridgehead atoms. The molecule has 3 atom stereocenters. The highest BCUT2D eigenvalue weighted by Crippen LogP contribution is 2.38. The van der Waals surface area contributed by atoms with Gasteiger partial charge in [0.2, 0.25) is 5.91 Å². The van der Waals surface area contributed by atoms with Crippen LogP contribution in [0, 0.1) is 0 Å². The summed E-state index contributed by atoms with van der Waals surface area (Å²) < 4.78 is 30.3. The molecule has 0 aliphatic rings. The number of likely N-dealkylation sites (N-methyl/N-ethyl adjacent to an activating group) is 1. The van der Waals surface area contributed by atoms with E-state index in [0.717, 1.165) is 109 Å². The van der Waals surface area contributed by atoms with Crippen molar-refractivity contribution >= 4 is 19.7 Å². The number of amides is 1.